The third-order valence-corrected chi connectivity index (χ3v) is 4.03. The molecule has 0 unspecified atom stereocenters. The van der Waals surface area contributed by atoms with Gasteiger partial charge in [-0.15, -0.1) is 5.54 Å². The quantitative estimate of drug-likeness (QED) is 0.577. The minimum Gasteiger partial charge on any atom is -0.354 e. The normalized spacial score (nSPS) is 16.9. The molecule has 19 heavy (non-hydrogen) atoms. The first-order valence-electron chi connectivity index (χ1n) is 6.87. The summed E-state index contributed by atoms with van der Waals surface area (Å²) < 4.78 is 0. The van der Waals surface area contributed by atoms with E-state index in [1.807, 2.05) is 6.20 Å². The Bertz CT molecular complexity index is 471. The van der Waals surface area contributed by atoms with Crippen molar-refractivity contribution in [3.8, 4) is 11.5 Å². The van der Waals surface area contributed by atoms with Gasteiger partial charge in [-0.05, 0) is 19.2 Å². The van der Waals surface area contributed by atoms with Crippen LogP contribution in [0.5, 0.6) is 0 Å². The largest absolute Gasteiger partial charge is 0.354 e. The van der Waals surface area contributed by atoms with E-state index in [9.17, 15) is 0 Å². The Labute approximate surface area is 117 Å². The second-order valence-corrected chi connectivity index (χ2v) is 10.9. The van der Waals surface area contributed by atoms with Gasteiger partial charge in [-0.2, -0.15) is 0 Å². The predicted octanol–water partition coefficient (Wildman–Crippen LogP) is 2.06. The molecule has 1 aliphatic heterocycles. The SMILES string of the molecule is CN1CCN(c2ccc(C#C[Si](C)(C)C)cn2)CC1. The monoisotopic (exact) mass is 273 g/mol. The molecule has 1 aromatic heterocycles. The molecule has 1 saturated heterocycles. The summed E-state index contributed by atoms with van der Waals surface area (Å²) in [6, 6.07) is 4.19. The first kappa shape index (κ1) is 14.1. The molecule has 0 aromatic carbocycles. The lowest BCUT2D eigenvalue weighted by atomic mass is 10.2. The first-order valence-corrected chi connectivity index (χ1v) is 10.4. The summed E-state index contributed by atoms with van der Waals surface area (Å²) in [4.78, 5) is 9.24. The zero-order valence-electron chi connectivity index (χ0n) is 12.4. The fraction of sp³-hybridized carbons (Fsp3) is 0.533. The van der Waals surface area contributed by atoms with E-state index in [0.717, 1.165) is 37.6 Å². The summed E-state index contributed by atoms with van der Waals surface area (Å²) in [7, 11) is 0.868. The predicted molar refractivity (Wildman–Crippen MR) is 84.2 cm³/mol. The van der Waals surface area contributed by atoms with Gasteiger partial charge in [0.15, 0.2) is 0 Å². The van der Waals surface area contributed by atoms with Crippen LogP contribution in [0.1, 0.15) is 5.56 Å². The zero-order chi connectivity index (χ0) is 13.9. The number of aromatic nitrogens is 1. The van der Waals surface area contributed by atoms with Crippen LogP contribution < -0.4 is 4.90 Å². The summed E-state index contributed by atoms with van der Waals surface area (Å²) in [5.74, 6) is 4.32. The van der Waals surface area contributed by atoms with E-state index < -0.39 is 8.07 Å². The molecule has 0 spiro atoms. The van der Waals surface area contributed by atoms with Gasteiger partial charge in [0.2, 0.25) is 0 Å². The highest BCUT2D eigenvalue weighted by atomic mass is 28.3. The molecule has 0 amide bonds. The van der Waals surface area contributed by atoms with Crippen molar-refractivity contribution in [1.29, 1.82) is 0 Å². The Morgan fingerprint density at radius 1 is 1.11 bits per heavy atom. The van der Waals surface area contributed by atoms with Crippen molar-refractivity contribution >= 4 is 13.9 Å². The van der Waals surface area contributed by atoms with Gasteiger partial charge in [0.1, 0.15) is 13.9 Å². The minimum absolute atomic E-state index is 1.03. The number of rotatable bonds is 1. The molecule has 1 aliphatic rings. The van der Waals surface area contributed by atoms with Crippen molar-refractivity contribution in [3.05, 3.63) is 23.9 Å². The lowest BCUT2D eigenvalue weighted by molar-refractivity contribution is 0.312. The molecule has 1 fully saturated rings. The Balaban J connectivity index is 2.04. The summed E-state index contributed by atoms with van der Waals surface area (Å²) in [6.07, 6.45) is 1.90. The van der Waals surface area contributed by atoms with Gasteiger partial charge in [-0.25, -0.2) is 4.98 Å². The number of hydrogen-bond donors (Lipinski definition) is 0. The van der Waals surface area contributed by atoms with Gasteiger partial charge in [-0.1, -0.05) is 25.6 Å². The van der Waals surface area contributed by atoms with Crippen LogP contribution in [0.15, 0.2) is 18.3 Å². The lowest BCUT2D eigenvalue weighted by Gasteiger charge is -2.33. The van der Waals surface area contributed by atoms with Crippen LogP contribution in [0.3, 0.4) is 0 Å². The molecule has 0 aliphatic carbocycles. The van der Waals surface area contributed by atoms with Crippen molar-refractivity contribution in [2.75, 3.05) is 38.1 Å². The van der Waals surface area contributed by atoms with Crippen molar-refractivity contribution in [1.82, 2.24) is 9.88 Å². The molecular weight excluding hydrogens is 250 g/mol. The van der Waals surface area contributed by atoms with Gasteiger partial charge >= 0.3 is 0 Å². The molecule has 0 radical (unpaired) electrons. The molecule has 0 N–H and O–H groups in total. The van der Waals surface area contributed by atoms with Gasteiger partial charge < -0.3 is 9.80 Å². The van der Waals surface area contributed by atoms with Gasteiger partial charge in [0, 0.05) is 37.9 Å². The molecule has 2 heterocycles. The number of likely N-dealkylation sites (N-methyl/N-ethyl adjacent to an activating group) is 1. The highest BCUT2D eigenvalue weighted by molar-refractivity contribution is 6.83. The number of nitrogens with zero attached hydrogens (tertiary/aromatic N) is 3. The van der Waals surface area contributed by atoms with Gasteiger partial charge in [-0.3, -0.25) is 0 Å². The van der Waals surface area contributed by atoms with Crippen LogP contribution in [0.4, 0.5) is 5.82 Å². The molecular formula is C15H23N3Si. The first-order chi connectivity index (χ1) is 8.94. The Hall–Kier alpha value is -1.31. The smallest absolute Gasteiger partial charge is 0.129 e. The van der Waals surface area contributed by atoms with E-state index in [0.29, 0.717) is 0 Å². The summed E-state index contributed by atoms with van der Waals surface area (Å²) in [6.45, 7) is 11.1. The highest BCUT2D eigenvalue weighted by Gasteiger charge is 2.14. The average molecular weight is 273 g/mol. The topological polar surface area (TPSA) is 19.4 Å². The third-order valence-electron chi connectivity index (χ3n) is 3.16. The van der Waals surface area contributed by atoms with Crippen molar-refractivity contribution in [2.45, 2.75) is 19.6 Å². The second-order valence-electron chi connectivity index (χ2n) is 6.20. The fourth-order valence-electron chi connectivity index (χ4n) is 1.94. The molecule has 0 atom stereocenters. The number of anilines is 1. The van der Waals surface area contributed by atoms with Crippen LogP contribution in [0.25, 0.3) is 0 Å². The van der Waals surface area contributed by atoms with Crippen LogP contribution in [-0.4, -0.2) is 51.2 Å². The zero-order valence-corrected chi connectivity index (χ0v) is 13.4. The Morgan fingerprint density at radius 3 is 2.32 bits per heavy atom. The Kier molecular flexibility index (Phi) is 4.28. The standard InChI is InChI=1S/C15H23N3Si/c1-17-8-10-18(11-9-17)15-6-5-14(13-16-15)7-12-19(2,3)4/h5-6,13H,8-11H2,1-4H3. The number of hydrogen-bond acceptors (Lipinski definition) is 3. The molecule has 4 heteroatoms. The second kappa shape index (κ2) is 5.77. The minimum atomic E-state index is -1.30. The average Bonchev–Trinajstić information content (AvgIpc) is 2.37. The molecule has 2 rings (SSSR count). The molecule has 102 valence electrons. The molecule has 3 nitrogen and oxygen atoms in total. The van der Waals surface area contributed by atoms with Gasteiger partial charge in [0.05, 0.1) is 0 Å². The van der Waals surface area contributed by atoms with E-state index in [-0.39, 0.29) is 0 Å². The van der Waals surface area contributed by atoms with Crippen molar-refractivity contribution < 1.29 is 0 Å². The fourth-order valence-corrected chi connectivity index (χ4v) is 2.46. The summed E-state index contributed by atoms with van der Waals surface area (Å²) in [5.41, 5.74) is 4.40. The van der Waals surface area contributed by atoms with Crippen LogP contribution in [-0.2, 0) is 0 Å². The van der Waals surface area contributed by atoms with Crippen LogP contribution in [0, 0.1) is 11.5 Å². The lowest BCUT2D eigenvalue weighted by Crippen LogP contribution is -2.44. The summed E-state index contributed by atoms with van der Waals surface area (Å²) >= 11 is 0. The van der Waals surface area contributed by atoms with Crippen molar-refractivity contribution in [2.24, 2.45) is 0 Å². The Morgan fingerprint density at radius 2 is 1.79 bits per heavy atom. The maximum atomic E-state index is 4.55. The van der Waals surface area contributed by atoms with E-state index >= 15 is 0 Å². The van der Waals surface area contributed by atoms with E-state index in [1.165, 1.54) is 0 Å². The summed E-state index contributed by atoms with van der Waals surface area (Å²) in [5, 5.41) is 0. The number of piperazine rings is 1. The van der Waals surface area contributed by atoms with Gasteiger partial charge in [0.25, 0.3) is 0 Å². The van der Waals surface area contributed by atoms with E-state index in [1.54, 1.807) is 0 Å². The maximum Gasteiger partial charge on any atom is 0.129 e. The van der Waals surface area contributed by atoms with Crippen molar-refractivity contribution in [3.63, 3.8) is 0 Å². The van der Waals surface area contributed by atoms with Crippen LogP contribution in [0.2, 0.25) is 19.6 Å². The number of pyridine rings is 1. The third kappa shape index (κ3) is 4.37. The molecule has 0 saturated carbocycles. The highest BCUT2D eigenvalue weighted by Crippen LogP contribution is 2.13. The maximum absolute atomic E-state index is 4.55. The van der Waals surface area contributed by atoms with Crippen LogP contribution >= 0.6 is 0 Å². The molecule has 0 bridgehead atoms. The van der Waals surface area contributed by atoms with E-state index in [4.69, 9.17) is 0 Å². The molecule has 1 aromatic rings. The van der Waals surface area contributed by atoms with E-state index in [2.05, 4.69) is 65.1 Å².